The molecule has 0 atom stereocenters. The maximum atomic E-state index is 12.3. The number of nitrogens with one attached hydrogen (secondary N) is 2. The van der Waals surface area contributed by atoms with Crippen LogP contribution in [-0.4, -0.2) is 26.1 Å². The molecule has 0 aliphatic rings. The molecule has 2 aromatic carbocycles. The van der Waals surface area contributed by atoms with Gasteiger partial charge in [0.15, 0.2) is 5.16 Å². The second-order valence-electron chi connectivity index (χ2n) is 5.53. The summed E-state index contributed by atoms with van der Waals surface area (Å²) in [6.07, 6.45) is 1.49. The van der Waals surface area contributed by atoms with E-state index in [1.165, 1.54) is 6.33 Å². The number of carbonyl (C=O) groups is 1. The Kier molecular flexibility index (Phi) is 4.94. The molecule has 0 fully saturated rings. The summed E-state index contributed by atoms with van der Waals surface area (Å²) >= 11 is 3.17. The zero-order valence-electron chi connectivity index (χ0n) is 13.7. The van der Waals surface area contributed by atoms with Crippen molar-refractivity contribution in [3.63, 3.8) is 0 Å². The van der Waals surface area contributed by atoms with E-state index in [4.69, 9.17) is 0 Å². The fourth-order valence-electron chi connectivity index (χ4n) is 2.42. The highest BCUT2D eigenvalue weighted by Gasteiger charge is 2.08. The molecule has 130 valence electrons. The molecule has 0 aliphatic carbocycles. The molecule has 0 bridgehead atoms. The molecule has 1 amide bonds. The highest BCUT2D eigenvalue weighted by atomic mass is 32.2. The molecular formula is C18H15N5OS2. The van der Waals surface area contributed by atoms with Crippen LogP contribution in [0.25, 0.3) is 10.2 Å². The number of aromatic nitrogens is 4. The monoisotopic (exact) mass is 381 g/mol. The van der Waals surface area contributed by atoms with Crippen LogP contribution in [0.15, 0.2) is 60.0 Å². The van der Waals surface area contributed by atoms with Gasteiger partial charge in [-0.05, 0) is 29.8 Å². The number of para-hydroxylation sites is 1. The predicted molar refractivity (Wildman–Crippen MR) is 103 cm³/mol. The lowest BCUT2D eigenvalue weighted by atomic mass is 10.1. The highest BCUT2D eigenvalue weighted by Crippen LogP contribution is 2.21. The van der Waals surface area contributed by atoms with Gasteiger partial charge in [-0.15, -0.1) is 11.3 Å². The summed E-state index contributed by atoms with van der Waals surface area (Å²) in [7, 11) is 0. The lowest BCUT2D eigenvalue weighted by molar-refractivity contribution is 0.0951. The molecule has 2 N–H and O–H groups in total. The van der Waals surface area contributed by atoms with E-state index in [-0.39, 0.29) is 5.91 Å². The minimum atomic E-state index is -0.0984. The van der Waals surface area contributed by atoms with Gasteiger partial charge in [0.25, 0.3) is 5.91 Å². The average Bonchev–Trinajstić information content (AvgIpc) is 3.34. The molecule has 0 spiro atoms. The number of carbonyl (C=O) groups excluding carboxylic acids is 1. The quantitative estimate of drug-likeness (QED) is 0.498. The predicted octanol–water partition coefficient (Wildman–Crippen LogP) is 3.64. The fraction of sp³-hybridized carbons (Fsp3) is 0.111. The third-order valence-electron chi connectivity index (χ3n) is 3.72. The van der Waals surface area contributed by atoms with Crippen molar-refractivity contribution < 1.29 is 4.79 Å². The molecule has 2 aromatic heterocycles. The first kappa shape index (κ1) is 16.7. The summed E-state index contributed by atoms with van der Waals surface area (Å²) < 4.78 is 1.13. The summed E-state index contributed by atoms with van der Waals surface area (Å²) in [5.41, 5.74) is 2.73. The van der Waals surface area contributed by atoms with Crippen LogP contribution in [0.2, 0.25) is 0 Å². The van der Waals surface area contributed by atoms with Crippen molar-refractivity contribution in [1.82, 2.24) is 25.5 Å². The molecule has 0 saturated carbocycles. The maximum Gasteiger partial charge on any atom is 0.251 e. The SMILES string of the molecule is O=C(NCc1nc2ccccc2s1)c1ccc(CSc2ncn[nH]2)cc1. The number of fused-ring (bicyclic) bond motifs is 1. The molecule has 0 radical (unpaired) electrons. The van der Waals surface area contributed by atoms with Gasteiger partial charge in [-0.25, -0.2) is 9.97 Å². The third kappa shape index (κ3) is 3.92. The number of benzene rings is 2. The number of nitrogens with zero attached hydrogens (tertiary/aromatic N) is 3. The van der Waals surface area contributed by atoms with E-state index in [2.05, 4.69) is 25.5 Å². The van der Waals surface area contributed by atoms with Gasteiger partial charge in [0, 0.05) is 11.3 Å². The van der Waals surface area contributed by atoms with Crippen LogP contribution >= 0.6 is 23.1 Å². The smallest absolute Gasteiger partial charge is 0.251 e. The first-order chi connectivity index (χ1) is 12.8. The van der Waals surface area contributed by atoms with E-state index in [1.54, 1.807) is 23.1 Å². The van der Waals surface area contributed by atoms with Crippen LogP contribution in [0, 0.1) is 0 Å². The zero-order valence-corrected chi connectivity index (χ0v) is 15.3. The van der Waals surface area contributed by atoms with E-state index in [0.29, 0.717) is 12.1 Å². The Labute approximate surface area is 158 Å². The molecular weight excluding hydrogens is 366 g/mol. The maximum absolute atomic E-state index is 12.3. The minimum Gasteiger partial charge on any atom is -0.346 e. The van der Waals surface area contributed by atoms with Gasteiger partial charge in [-0.3, -0.25) is 9.89 Å². The Morgan fingerprint density at radius 3 is 2.77 bits per heavy atom. The number of H-pyrrole nitrogens is 1. The van der Waals surface area contributed by atoms with Crippen LogP contribution in [0.5, 0.6) is 0 Å². The van der Waals surface area contributed by atoms with E-state index < -0.39 is 0 Å². The van der Waals surface area contributed by atoms with E-state index in [9.17, 15) is 4.79 Å². The molecule has 0 unspecified atom stereocenters. The van der Waals surface area contributed by atoms with Crippen molar-refractivity contribution in [1.29, 1.82) is 0 Å². The molecule has 8 heteroatoms. The van der Waals surface area contributed by atoms with E-state index in [0.717, 1.165) is 31.7 Å². The number of aromatic amines is 1. The summed E-state index contributed by atoms with van der Waals surface area (Å²) in [4.78, 5) is 20.9. The Hall–Kier alpha value is -2.71. The summed E-state index contributed by atoms with van der Waals surface area (Å²) in [5.74, 6) is 0.668. The number of hydrogen-bond donors (Lipinski definition) is 2. The van der Waals surface area contributed by atoms with E-state index in [1.807, 2.05) is 48.5 Å². The van der Waals surface area contributed by atoms with Crippen LogP contribution in [0.1, 0.15) is 20.9 Å². The van der Waals surface area contributed by atoms with Crippen LogP contribution < -0.4 is 5.32 Å². The topological polar surface area (TPSA) is 83.6 Å². The van der Waals surface area contributed by atoms with Gasteiger partial charge in [-0.2, -0.15) is 5.10 Å². The summed E-state index contributed by atoms with van der Waals surface area (Å²) in [5, 5.41) is 11.2. The Morgan fingerprint density at radius 2 is 2.00 bits per heavy atom. The molecule has 6 nitrogen and oxygen atoms in total. The Balaban J connectivity index is 1.33. The van der Waals surface area contributed by atoms with Crippen molar-refractivity contribution in [2.45, 2.75) is 17.5 Å². The molecule has 0 aliphatic heterocycles. The van der Waals surface area contributed by atoms with Crippen molar-refractivity contribution >= 4 is 39.2 Å². The van der Waals surface area contributed by atoms with Gasteiger partial charge in [0.1, 0.15) is 11.3 Å². The first-order valence-corrected chi connectivity index (χ1v) is 9.78. The van der Waals surface area contributed by atoms with Gasteiger partial charge < -0.3 is 5.32 Å². The van der Waals surface area contributed by atoms with Crippen molar-refractivity contribution in [2.75, 3.05) is 0 Å². The van der Waals surface area contributed by atoms with Crippen LogP contribution in [0.3, 0.4) is 0 Å². The zero-order chi connectivity index (χ0) is 17.8. The minimum absolute atomic E-state index is 0.0984. The second kappa shape index (κ2) is 7.67. The second-order valence-corrected chi connectivity index (χ2v) is 7.61. The normalized spacial score (nSPS) is 10.9. The standard InChI is InChI=1S/C18H15N5OS2/c24-17(19-9-16-22-14-3-1-2-4-15(14)26-16)13-7-5-12(6-8-13)10-25-18-20-11-21-23-18/h1-8,11H,9-10H2,(H,19,24)(H,20,21,23). The first-order valence-electron chi connectivity index (χ1n) is 7.98. The molecule has 26 heavy (non-hydrogen) atoms. The van der Waals surface area contributed by atoms with Crippen molar-refractivity contribution in [3.05, 3.63) is 71.0 Å². The van der Waals surface area contributed by atoms with Gasteiger partial charge >= 0.3 is 0 Å². The molecule has 4 rings (SSSR count). The lowest BCUT2D eigenvalue weighted by Crippen LogP contribution is -2.22. The Morgan fingerprint density at radius 1 is 1.15 bits per heavy atom. The summed E-state index contributed by atoms with van der Waals surface area (Å²) in [6, 6.07) is 15.6. The molecule has 4 aromatic rings. The molecule has 2 heterocycles. The summed E-state index contributed by atoms with van der Waals surface area (Å²) in [6.45, 7) is 0.432. The van der Waals surface area contributed by atoms with Crippen molar-refractivity contribution in [3.8, 4) is 0 Å². The fourth-order valence-corrected chi connectivity index (χ4v) is 4.06. The highest BCUT2D eigenvalue weighted by molar-refractivity contribution is 7.98. The van der Waals surface area contributed by atoms with Gasteiger partial charge in [0.05, 0.1) is 16.8 Å². The number of hydrogen-bond acceptors (Lipinski definition) is 6. The van der Waals surface area contributed by atoms with Crippen molar-refractivity contribution in [2.24, 2.45) is 0 Å². The largest absolute Gasteiger partial charge is 0.346 e. The Bertz CT molecular complexity index is 979. The number of thiazole rings is 1. The third-order valence-corrected chi connectivity index (χ3v) is 5.71. The van der Waals surface area contributed by atoms with Crippen LogP contribution in [-0.2, 0) is 12.3 Å². The molecule has 0 saturated heterocycles. The van der Waals surface area contributed by atoms with Gasteiger partial charge in [-0.1, -0.05) is 36.0 Å². The van der Waals surface area contributed by atoms with Crippen LogP contribution in [0.4, 0.5) is 0 Å². The van der Waals surface area contributed by atoms with Gasteiger partial charge in [0.2, 0.25) is 0 Å². The average molecular weight is 381 g/mol. The van der Waals surface area contributed by atoms with E-state index >= 15 is 0 Å². The number of rotatable bonds is 6. The number of amides is 1. The number of thioether (sulfide) groups is 1. The lowest BCUT2D eigenvalue weighted by Gasteiger charge is -2.04.